The third-order valence-electron chi connectivity index (χ3n) is 11.8. The predicted molar refractivity (Wildman–Crippen MR) is 248 cm³/mol. The second-order valence-corrected chi connectivity index (χ2v) is 15.3. The Morgan fingerprint density at radius 3 is 1.33 bits per heavy atom. The van der Waals surface area contributed by atoms with Crippen molar-refractivity contribution in [2.24, 2.45) is 0 Å². The van der Waals surface area contributed by atoms with Gasteiger partial charge in [0.25, 0.3) is 0 Å². The molecular weight excluding hydrogens is 731 g/mol. The maximum Gasteiger partial charge on any atom is 0.145 e. The maximum absolute atomic E-state index is 5.15. The highest BCUT2D eigenvalue weighted by molar-refractivity contribution is 6.03. The highest BCUT2D eigenvalue weighted by atomic mass is 15.1. The number of rotatable bonds is 6. The maximum atomic E-state index is 5.15. The number of imidazole rings is 2. The topological polar surface area (TPSA) is 48.5 Å². The van der Waals surface area contributed by atoms with Crippen molar-refractivity contribution >= 4 is 54.5 Å². The van der Waals surface area contributed by atoms with Crippen LogP contribution in [0.2, 0.25) is 0 Å². The summed E-state index contributed by atoms with van der Waals surface area (Å²) < 4.78 is 4.54. The summed E-state index contributed by atoms with van der Waals surface area (Å²) in [6.07, 6.45) is 1.89. The van der Waals surface area contributed by atoms with E-state index < -0.39 is 0 Å². The van der Waals surface area contributed by atoms with Gasteiger partial charge in [0.05, 0.1) is 27.6 Å². The van der Waals surface area contributed by atoms with Crippen LogP contribution >= 0.6 is 0 Å². The molecule has 0 unspecified atom stereocenters. The zero-order valence-corrected chi connectivity index (χ0v) is 32.4. The van der Waals surface area contributed by atoms with E-state index in [1.807, 2.05) is 18.3 Å². The molecule has 0 aliphatic carbocycles. The molecule has 0 saturated heterocycles. The van der Waals surface area contributed by atoms with Crippen LogP contribution in [0.4, 0.5) is 0 Å². The van der Waals surface area contributed by atoms with Gasteiger partial charge in [-0.25, -0.2) is 9.97 Å². The molecule has 3 heterocycles. The van der Waals surface area contributed by atoms with Crippen LogP contribution in [0.25, 0.3) is 111 Å². The number of hydrogen-bond acceptors (Lipinski definition) is 3. The molecule has 0 amide bonds. The van der Waals surface area contributed by atoms with Gasteiger partial charge in [-0.1, -0.05) is 152 Å². The Labute approximate surface area is 346 Å². The SMILES string of the molecule is c1ccc2cc(-n3c(-c4ccc(-c5ccc(-c6ccc(-c7nc8ccccc8n7-c7ccc8ccccc8c7)cc6)c6ncccc56)cc4)nc4ccccc43)ccc2c1. The molecule has 9 aromatic carbocycles. The van der Waals surface area contributed by atoms with Gasteiger partial charge in [-0.3, -0.25) is 14.1 Å². The minimum Gasteiger partial charge on any atom is -0.292 e. The molecule has 0 N–H and O–H groups in total. The quantitative estimate of drug-likeness (QED) is 0.169. The number of hydrogen-bond donors (Lipinski definition) is 0. The van der Waals surface area contributed by atoms with Crippen molar-refractivity contribution < 1.29 is 0 Å². The first-order valence-electron chi connectivity index (χ1n) is 20.3. The molecule has 0 aliphatic heterocycles. The van der Waals surface area contributed by atoms with Gasteiger partial charge in [-0.05, 0) is 92.8 Å². The summed E-state index contributed by atoms with van der Waals surface area (Å²) in [5.41, 5.74) is 13.8. The second kappa shape index (κ2) is 13.8. The van der Waals surface area contributed by atoms with Crippen LogP contribution in [0.5, 0.6) is 0 Å². The third kappa shape index (κ3) is 5.59. The van der Waals surface area contributed by atoms with Gasteiger partial charge in [-0.15, -0.1) is 0 Å². The first-order valence-corrected chi connectivity index (χ1v) is 20.3. The Morgan fingerprint density at radius 2 is 0.783 bits per heavy atom. The average molecular weight is 766 g/mol. The van der Waals surface area contributed by atoms with Gasteiger partial charge >= 0.3 is 0 Å². The zero-order valence-electron chi connectivity index (χ0n) is 32.4. The Bertz CT molecular complexity index is 3360. The van der Waals surface area contributed by atoms with E-state index in [0.717, 1.165) is 89.4 Å². The van der Waals surface area contributed by atoms with Crippen molar-refractivity contribution in [1.29, 1.82) is 0 Å². The van der Waals surface area contributed by atoms with E-state index in [0.29, 0.717) is 0 Å². The lowest BCUT2D eigenvalue weighted by atomic mass is 9.94. The molecule has 280 valence electrons. The molecule has 0 bridgehead atoms. The molecule has 3 aromatic heterocycles. The van der Waals surface area contributed by atoms with Crippen LogP contribution in [0, 0.1) is 0 Å². The number of fused-ring (bicyclic) bond motifs is 5. The summed E-state index contributed by atoms with van der Waals surface area (Å²) in [6, 6.07) is 73.1. The second-order valence-electron chi connectivity index (χ2n) is 15.3. The first kappa shape index (κ1) is 33.9. The minimum atomic E-state index is 0.910. The summed E-state index contributed by atoms with van der Waals surface area (Å²) in [7, 11) is 0. The smallest absolute Gasteiger partial charge is 0.145 e. The van der Waals surface area contributed by atoms with Crippen molar-refractivity contribution in [2.45, 2.75) is 0 Å². The molecule has 12 rings (SSSR count). The van der Waals surface area contributed by atoms with Crippen LogP contribution in [0.3, 0.4) is 0 Å². The molecule has 5 heteroatoms. The fourth-order valence-corrected chi connectivity index (χ4v) is 8.85. The Morgan fingerprint density at radius 1 is 0.333 bits per heavy atom. The molecular formula is C55H35N5. The molecule has 0 fully saturated rings. The van der Waals surface area contributed by atoms with E-state index in [2.05, 4.69) is 203 Å². The van der Waals surface area contributed by atoms with Gasteiger partial charge in [0, 0.05) is 39.6 Å². The molecule has 12 aromatic rings. The number of nitrogens with zero attached hydrogens (tertiary/aromatic N) is 5. The largest absolute Gasteiger partial charge is 0.292 e. The molecule has 5 nitrogen and oxygen atoms in total. The summed E-state index contributed by atoms with van der Waals surface area (Å²) >= 11 is 0. The number of pyridine rings is 1. The molecule has 0 spiro atoms. The van der Waals surface area contributed by atoms with Crippen LogP contribution in [0.1, 0.15) is 0 Å². The van der Waals surface area contributed by atoms with E-state index in [-0.39, 0.29) is 0 Å². The van der Waals surface area contributed by atoms with Gasteiger partial charge in [0.15, 0.2) is 0 Å². The lowest BCUT2D eigenvalue weighted by Gasteiger charge is -2.14. The highest BCUT2D eigenvalue weighted by Crippen LogP contribution is 2.38. The van der Waals surface area contributed by atoms with Crippen LogP contribution in [-0.4, -0.2) is 24.1 Å². The Hall–Kier alpha value is -8.15. The molecule has 60 heavy (non-hydrogen) atoms. The summed E-state index contributed by atoms with van der Waals surface area (Å²) in [6.45, 7) is 0. The standard InChI is InChI=1S/C55H35N5/c1-3-12-42-34-44(29-27-36(42)10-1)59-51-17-7-5-15-49(51)57-54(59)40-23-19-38(20-24-40)46-31-32-47(53-48(46)14-9-33-56-53)39-21-25-41(26-22-39)55-58-50-16-6-8-18-52(50)60(55)45-30-28-37-11-2-4-13-43(37)35-45/h1-35H. The number of benzene rings is 9. The molecule has 0 radical (unpaired) electrons. The highest BCUT2D eigenvalue weighted by Gasteiger charge is 2.18. The van der Waals surface area contributed by atoms with Crippen LogP contribution < -0.4 is 0 Å². The van der Waals surface area contributed by atoms with Crippen molar-refractivity contribution in [3.05, 3.63) is 212 Å². The van der Waals surface area contributed by atoms with E-state index in [4.69, 9.17) is 15.0 Å². The van der Waals surface area contributed by atoms with E-state index in [1.54, 1.807) is 0 Å². The molecule has 0 atom stereocenters. The van der Waals surface area contributed by atoms with Crippen LogP contribution in [-0.2, 0) is 0 Å². The fraction of sp³-hybridized carbons (Fsp3) is 0. The Kier molecular flexibility index (Phi) is 7.78. The van der Waals surface area contributed by atoms with Gasteiger partial charge in [-0.2, -0.15) is 0 Å². The Balaban J connectivity index is 0.903. The van der Waals surface area contributed by atoms with Crippen molar-refractivity contribution in [1.82, 2.24) is 24.1 Å². The molecule has 0 aliphatic rings. The monoisotopic (exact) mass is 765 g/mol. The fourth-order valence-electron chi connectivity index (χ4n) is 8.85. The minimum absolute atomic E-state index is 0.910. The van der Waals surface area contributed by atoms with Gasteiger partial charge < -0.3 is 0 Å². The van der Waals surface area contributed by atoms with E-state index >= 15 is 0 Å². The summed E-state index contributed by atoms with van der Waals surface area (Å²) in [5, 5.41) is 5.94. The molecule has 0 saturated carbocycles. The van der Waals surface area contributed by atoms with E-state index in [9.17, 15) is 0 Å². The summed E-state index contributed by atoms with van der Waals surface area (Å²) in [4.78, 5) is 15.3. The first-order chi connectivity index (χ1) is 29.7. The van der Waals surface area contributed by atoms with Crippen molar-refractivity contribution in [3.8, 4) is 56.4 Å². The van der Waals surface area contributed by atoms with Gasteiger partial charge in [0.1, 0.15) is 11.6 Å². The van der Waals surface area contributed by atoms with Crippen molar-refractivity contribution in [2.75, 3.05) is 0 Å². The normalized spacial score (nSPS) is 11.7. The number of aromatic nitrogens is 5. The lowest BCUT2D eigenvalue weighted by Crippen LogP contribution is -1.98. The predicted octanol–water partition coefficient (Wildman–Crippen LogP) is 13.9. The van der Waals surface area contributed by atoms with Gasteiger partial charge in [0.2, 0.25) is 0 Å². The van der Waals surface area contributed by atoms with Crippen LogP contribution in [0.15, 0.2) is 212 Å². The summed E-state index contributed by atoms with van der Waals surface area (Å²) in [5.74, 6) is 1.82. The zero-order chi connectivity index (χ0) is 39.6. The number of para-hydroxylation sites is 4. The lowest BCUT2D eigenvalue weighted by molar-refractivity contribution is 1.11. The average Bonchev–Trinajstić information content (AvgIpc) is 3.91. The van der Waals surface area contributed by atoms with E-state index in [1.165, 1.54) is 21.5 Å². The van der Waals surface area contributed by atoms with Crippen molar-refractivity contribution in [3.63, 3.8) is 0 Å². The third-order valence-corrected chi connectivity index (χ3v) is 11.8.